The van der Waals surface area contributed by atoms with Gasteiger partial charge >= 0.3 is 0 Å². The number of piperidine rings is 1. The summed E-state index contributed by atoms with van der Waals surface area (Å²) < 4.78 is 0. The number of likely N-dealkylation sites (N-methyl/N-ethyl adjacent to an activating group) is 2. The lowest BCUT2D eigenvalue weighted by atomic mass is 10.0. The second kappa shape index (κ2) is 6.15. The number of likely N-dealkylation sites (tertiary alicyclic amines) is 1. The van der Waals surface area contributed by atoms with Crippen molar-refractivity contribution in [2.45, 2.75) is 31.8 Å². The number of rotatable bonds is 4. The van der Waals surface area contributed by atoms with Crippen LogP contribution in [0.5, 0.6) is 0 Å². The van der Waals surface area contributed by atoms with Crippen molar-refractivity contribution >= 4 is 11.3 Å². The molecule has 2 heterocycles. The molecule has 3 nitrogen and oxygen atoms in total. The molecule has 1 aromatic heterocycles. The molecule has 1 aliphatic heterocycles. The van der Waals surface area contributed by atoms with Crippen LogP contribution >= 0.6 is 11.3 Å². The van der Waals surface area contributed by atoms with Crippen molar-refractivity contribution in [1.29, 1.82) is 0 Å². The maximum absolute atomic E-state index is 6.01. The lowest BCUT2D eigenvalue weighted by molar-refractivity contribution is 0.102. The van der Waals surface area contributed by atoms with Crippen molar-refractivity contribution < 1.29 is 0 Å². The van der Waals surface area contributed by atoms with Crippen LogP contribution in [0.1, 0.15) is 28.6 Å². The fraction of sp³-hybridized carbons (Fsp3) is 0.714. The quantitative estimate of drug-likeness (QED) is 0.906. The maximum Gasteiger partial charge on any atom is 0.0564 e. The summed E-state index contributed by atoms with van der Waals surface area (Å²) in [6.07, 6.45) is 2.59. The Hall–Kier alpha value is -0.420. The molecule has 1 fully saturated rings. The van der Waals surface area contributed by atoms with Crippen LogP contribution in [0.3, 0.4) is 0 Å². The van der Waals surface area contributed by atoms with Gasteiger partial charge in [-0.25, -0.2) is 0 Å². The van der Waals surface area contributed by atoms with Gasteiger partial charge in [0.05, 0.1) is 6.04 Å². The Labute approximate surface area is 115 Å². The van der Waals surface area contributed by atoms with E-state index in [-0.39, 0.29) is 0 Å². The molecule has 0 radical (unpaired) electrons. The Morgan fingerprint density at radius 2 is 2.33 bits per heavy atom. The zero-order valence-electron chi connectivity index (χ0n) is 11.7. The Morgan fingerprint density at radius 3 is 2.89 bits per heavy atom. The predicted octanol–water partition coefficient (Wildman–Crippen LogP) is 2.08. The first-order valence-electron chi connectivity index (χ1n) is 6.78. The average molecular weight is 267 g/mol. The first-order chi connectivity index (χ1) is 8.61. The molecule has 2 unspecified atom stereocenters. The number of nitrogens with zero attached hydrogens (tertiary/aromatic N) is 2. The Bertz CT molecular complexity index is 377. The Balaban J connectivity index is 2.07. The Morgan fingerprint density at radius 1 is 1.56 bits per heavy atom. The lowest BCUT2D eigenvalue weighted by Gasteiger charge is -2.39. The van der Waals surface area contributed by atoms with Crippen molar-refractivity contribution in [2.75, 3.05) is 33.7 Å². The van der Waals surface area contributed by atoms with E-state index in [0.717, 1.165) is 6.54 Å². The van der Waals surface area contributed by atoms with Gasteiger partial charge in [0.1, 0.15) is 0 Å². The Kier molecular flexibility index (Phi) is 4.78. The monoisotopic (exact) mass is 267 g/mol. The number of thiophene rings is 1. The molecule has 0 aromatic carbocycles. The van der Waals surface area contributed by atoms with Gasteiger partial charge in [0.15, 0.2) is 0 Å². The minimum atomic E-state index is 0.375. The summed E-state index contributed by atoms with van der Waals surface area (Å²) in [7, 11) is 4.45. The predicted molar refractivity (Wildman–Crippen MR) is 79.1 cm³/mol. The molecule has 0 amide bonds. The second-order valence-electron chi connectivity index (χ2n) is 5.42. The van der Waals surface area contributed by atoms with Crippen molar-refractivity contribution in [3.63, 3.8) is 0 Å². The third-order valence-electron chi connectivity index (χ3n) is 3.98. The topological polar surface area (TPSA) is 32.5 Å². The minimum Gasteiger partial charge on any atom is -0.329 e. The van der Waals surface area contributed by atoms with Crippen molar-refractivity contribution in [1.82, 2.24) is 9.80 Å². The molecule has 2 atom stereocenters. The van der Waals surface area contributed by atoms with Crippen LogP contribution in [0.2, 0.25) is 0 Å². The molecular formula is C14H25N3S. The smallest absolute Gasteiger partial charge is 0.0564 e. The molecule has 0 bridgehead atoms. The SMILES string of the molecule is Cc1ccc(C(CN)N(C)C2CCCN(C)C2)s1. The summed E-state index contributed by atoms with van der Waals surface area (Å²) in [6, 6.07) is 5.45. The zero-order valence-corrected chi connectivity index (χ0v) is 12.5. The zero-order chi connectivity index (χ0) is 13.1. The lowest BCUT2D eigenvalue weighted by Crippen LogP contribution is -2.47. The summed E-state index contributed by atoms with van der Waals surface area (Å²) in [5, 5.41) is 0. The van der Waals surface area contributed by atoms with Crippen LogP contribution in [0, 0.1) is 6.92 Å². The average Bonchev–Trinajstić information content (AvgIpc) is 2.76. The van der Waals surface area contributed by atoms with Gasteiger partial charge in [-0.05, 0) is 52.5 Å². The van der Waals surface area contributed by atoms with E-state index in [2.05, 4.69) is 43.0 Å². The molecular weight excluding hydrogens is 242 g/mol. The first-order valence-corrected chi connectivity index (χ1v) is 7.60. The van der Waals surface area contributed by atoms with Gasteiger partial charge in [0, 0.05) is 28.9 Å². The van der Waals surface area contributed by atoms with E-state index < -0.39 is 0 Å². The van der Waals surface area contributed by atoms with Gasteiger partial charge in [-0.2, -0.15) is 0 Å². The molecule has 1 saturated heterocycles. The van der Waals surface area contributed by atoms with Crippen LogP contribution in [-0.4, -0.2) is 49.6 Å². The van der Waals surface area contributed by atoms with Gasteiger partial charge in [0.25, 0.3) is 0 Å². The summed E-state index contributed by atoms with van der Waals surface area (Å²) in [5.74, 6) is 0. The first kappa shape index (κ1) is 14.0. The highest BCUT2D eigenvalue weighted by Crippen LogP contribution is 2.29. The molecule has 4 heteroatoms. The highest BCUT2D eigenvalue weighted by Gasteiger charge is 2.27. The van der Waals surface area contributed by atoms with Gasteiger partial charge in [-0.1, -0.05) is 0 Å². The molecule has 2 rings (SSSR count). The van der Waals surface area contributed by atoms with Gasteiger partial charge in [-0.3, -0.25) is 4.90 Å². The van der Waals surface area contributed by atoms with Crippen molar-refractivity contribution in [3.05, 3.63) is 21.9 Å². The molecule has 1 aromatic rings. The number of hydrogen-bond acceptors (Lipinski definition) is 4. The van der Waals surface area contributed by atoms with Crippen LogP contribution in [0.4, 0.5) is 0 Å². The minimum absolute atomic E-state index is 0.375. The largest absolute Gasteiger partial charge is 0.329 e. The third-order valence-corrected chi connectivity index (χ3v) is 5.08. The molecule has 0 aliphatic carbocycles. The highest BCUT2D eigenvalue weighted by atomic mass is 32.1. The van der Waals surface area contributed by atoms with Crippen LogP contribution in [0.15, 0.2) is 12.1 Å². The number of hydrogen-bond donors (Lipinski definition) is 1. The van der Waals surface area contributed by atoms with Crippen molar-refractivity contribution in [3.8, 4) is 0 Å². The molecule has 0 spiro atoms. The summed E-state index contributed by atoms with van der Waals surface area (Å²) in [4.78, 5) is 7.70. The summed E-state index contributed by atoms with van der Waals surface area (Å²) in [6.45, 7) is 5.26. The van der Waals surface area contributed by atoms with E-state index in [4.69, 9.17) is 5.73 Å². The second-order valence-corrected chi connectivity index (χ2v) is 6.74. The normalized spacial score (nSPS) is 23.5. The fourth-order valence-corrected chi connectivity index (χ4v) is 3.88. The summed E-state index contributed by atoms with van der Waals surface area (Å²) in [5.41, 5.74) is 6.01. The van der Waals surface area contributed by atoms with Crippen LogP contribution < -0.4 is 5.73 Å². The van der Waals surface area contributed by atoms with Gasteiger partial charge in [-0.15, -0.1) is 11.3 Å². The highest BCUT2D eigenvalue weighted by molar-refractivity contribution is 7.12. The number of nitrogens with two attached hydrogens (primary N) is 1. The molecule has 18 heavy (non-hydrogen) atoms. The van der Waals surface area contributed by atoms with E-state index in [1.54, 1.807) is 0 Å². The third kappa shape index (κ3) is 3.12. The van der Waals surface area contributed by atoms with E-state index in [1.165, 1.54) is 29.1 Å². The number of aryl methyl sites for hydroxylation is 1. The summed E-state index contributed by atoms with van der Waals surface area (Å²) >= 11 is 1.88. The van der Waals surface area contributed by atoms with E-state index >= 15 is 0 Å². The fourth-order valence-electron chi connectivity index (χ4n) is 2.84. The maximum atomic E-state index is 6.01. The van der Waals surface area contributed by atoms with Crippen molar-refractivity contribution in [2.24, 2.45) is 5.73 Å². The van der Waals surface area contributed by atoms with E-state index in [0.29, 0.717) is 18.6 Å². The van der Waals surface area contributed by atoms with Crippen LogP contribution in [-0.2, 0) is 0 Å². The molecule has 102 valence electrons. The van der Waals surface area contributed by atoms with Gasteiger partial charge in [0.2, 0.25) is 0 Å². The standard InChI is InChI=1S/C14H25N3S/c1-11-6-7-14(18-11)13(9-15)17(3)12-5-4-8-16(2)10-12/h6-7,12-13H,4-5,8-10,15H2,1-3H3. The molecule has 0 saturated carbocycles. The van der Waals surface area contributed by atoms with E-state index in [1.807, 2.05) is 11.3 Å². The van der Waals surface area contributed by atoms with Crippen LogP contribution in [0.25, 0.3) is 0 Å². The van der Waals surface area contributed by atoms with Gasteiger partial charge < -0.3 is 10.6 Å². The molecule has 1 aliphatic rings. The molecule has 2 N–H and O–H groups in total. The van der Waals surface area contributed by atoms with E-state index in [9.17, 15) is 0 Å².